The molecule has 2 N–H and O–H groups in total. The Hall–Kier alpha value is -4.99. The number of aromatic nitrogens is 3. The standard InChI is InChI=1S/C35H38N6O7S2/c1-23-33(24(2)48-39-23)30-12-13-32(49-30)50(44,45)41-16-7-19-47-29-21-26(10-11-28(29)46-3)34-36-14-17-40(34)18-15-37-35(43)27(38-31(42)22-41)20-25-8-5-4-6-9-25/h4-6,8-14,17,21,27H,7,15-16,18-20,22H2,1-3H3,(H,37,43)(H,38,42)/t27-/m0/s1. The molecule has 0 saturated carbocycles. The molecule has 0 fully saturated rings. The second kappa shape index (κ2) is 15.3. The van der Waals surface area contributed by atoms with E-state index in [0.29, 0.717) is 40.2 Å². The average molecular weight is 719 g/mol. The van der Waals surface area contributed by atoms with Crippen LogP contribution in [0.25, 0.3) is 21.8 Å². The molecular formula is C35H38N6O7S2. The van der Waals surface area contributed by atoms with Gasteiger partial charge in [0.1, 0.15) is 21.8 Å². The number of amides is 2. The normalized spacial score (nSPS) is 16.7. The summed E-state index contributed by atoms with van der Waals surface area (Å²) in [6, 6.07) is 17.1. The van der Waals surface area contributed by atoms with Gasteiger partial charge in [0.05, 0.1) is 31.5 Å². The summed E-state index contributed by atoms with van der Waals surface area (Å²) in [5.74, 6) is 1.22. The number of imidazole rings is 1. The first-order valence-corrected chi connectivity index (χ1v) is 18.4. The highest BCUT2D eigenvalue weighted by molar-refractivity contribution is 7.91. The Morgan fingerprint density at radius 3 is 2.64 bits per heavy atom. The van der Waals surface area contributed by atoms with Gasteiger partial charge in [-0.2, -0.15) is 4.31 Å². The molecule has 2 bridgehead atoms. The summed E-state index contributed by atoms with van der Waals surface area (Å²) < 4.78 is 48.3. The summed E-state index contributed by atoms with van der Waals surface area (Å²) in [4.78, 5) is 32.4. The van der Waals surface area contributed by atoms with Crippen LogP contribution in [0, 0.1) is 13.8 Å². The first-order chi connectivity index (χ1) is 24.1. The Bertz CT molecular complexity index is 2050. The van der Waals surface area contributed by atoms with Crippen LogP contribution in [-0.4, -0.2) is 78.6 Å². The molecule has 4 heterocycles. The van der Waals surface area contributed by atoms with Crippen LogP contribution in [0.3, 0.4) is 0 Å². The van der Waals surface area contributed by atoms with Crippen molar-refractivity contribution in [3.05, 3.63) is 90.1 Å². The highest BCUT2D eigenvalue weighted by atomic mass is 32.2. The number of sulfonamides is 1. The molecule has 0 aliphatic carbocycles. The third-order valence-electron chi connectivity index (χ3n) is 8.31. The lowest BCUT2D eigenvalue weighted by Crippen LogP contribution is -2.51. The van der Waals surface area contributed by atoms with E-state index in [1.807, 2.05) is 53.2 Å². The summed E-state index contributed by atoms with van der Waals surface area (Å²) >= 11 is 1.07. The van der Waals surface area contributed by atoms with E-state index in [-0.39, 0.29) is 42.7 Å². The number of carbonyl (C=O) groups excluding carboxylic acids is 2. The van der Waals surface area contributed by atoms with Gasteiger partial charge in [-0.05, 0) is 56.2 Å². The van der Waals surface area contributed by atoms with Gasteiger partial charge < -0.3 is 29.2 Å². The van der Waals surface area contributed by atoms with Crippen LogP contribution < -0.4 is 20.1 Å². The number of hydrogen-bond acceptors (Lipinski definition) is 10. The quantitative estimate of drug-likeness (QED) is 0.263. The minimum atomic E-state index is -4.16. The van der Waals surface area contributed by atoms with Crippen molar-refractivity contribution in [3.8, 4) is 33.3 Å². The Labute approximate surface area is 294 Å². The van der Waals surface area contributed by atoms with E-state index in [4.69, 9.17) is 14.0 Å². The fourth-order valence-corrected chi connectivity index (χ4v) is 8.86. The highest BCUT2D eigenvalue weighted by Gasteiger charge is 2.31. The molecular weight excluding hydrogens is 681 g/mol. The first kappa shape index (κ1) is 34.9. The van der Waals surface area contributed by atoms with Crippen LogP contribution in [0.15, 0.2) is 81.8 Å². The minimum absolute atomic E-state index is 0.0315. The Kier molecular flexibility index (Phi) is 10.6. The molecule has 15 heteroatoms. The van der Waals surface area contributed by atoms with Crippen LogP contribution >= 0.6 is 11.3 Å². The molecule has 262 valence electrons. The number of carbonyl (C=O) groups is 2. The van der Waals surface area contributed by atoms with Crippen molar-refractivity contribution in [2.75, 3.05) is 33.4 Å². The van der Waals surface area contributed by atoms with E-state index in [1.165, 1.54) is 6.07 Å². The third-order valence-corrected chi connectivity index (χ3v) is 11.7. The second-order valence-corrected chi connectivity index (χ2v) is 15.0. The number of nitrogens with zero attached hydrogens (tertiary/aromatic N) is 4. The van der Waals surface area contributed by atoms with Gasteiger partial charge in [-0.25, -0.2) is 13.4 Å². The predicted octanol–water partition coefficient (Wildman–Crippen LogP) is 4.21. The van der Waals surface area contributed by atoms with Crippen molar-refractivity contribution < 1.29 is 32.0 Å². The molecule has 2 aromatic carbocycles. The lowest BCUT2D eigenvalue weighted by Gasteiger charge is -2.24. The molecule has 50 heavy (non-hydrogen) atoms. The van der Waals surface area contributed by atoms with Gasteiger partial charge in [-0.3, -0.25) is 9.59 Å². The van der Waals surface area contributed by atoms with Crippen LogP contribution in [0.2, 0.25) is 0 Å². The second-order valence-electron chi connectivity index (χ2n) is 11.8. The molecule has 5 aromatic rings. The highest BCUT2D eigenvalue weighted by Crippen LogP contribution is 2.36. The molecule has 0 spiro atoms. The molecule has 0 saturated heterocycles. The van der Waals surface area contributed by atoms with E-state index in [1.54, 1.807) is 39.3 Å². The number of fused-ring (bicyclic) bond motifs is 4. The zero-order chi connectivity index (χ0) is 35.3. The van der Waals surface area contributed by atoms with Gasteiger partial charge in [-0.15, -0.1) is 11.3 Å². The Balaban J connectivity index is 1.32. The van der Waals surface area contributed by atoms with Gasteiger partial charge in [0.2, 0.25) is 11.8 Å². The van der Waals surface area contributed by atoms with Crippen molar-refractivity contribution in [2.45, 2.75) is 43.5 Å². The maximum Gasteiger partial charge on any atom is 0.253 e. The molecule has 1 aliphatic heterocycles. The van der Waals surface area contributed by atoms with Gasteiger partial charge in [0.15, 0.2) is 11.5 Å². The topological polar surface area (TPSA) is 158 Å². The lowest BCUT2D eigenvalue weighted by molar-refractivity contribution is -0.129. The SMILES string of the molecule is COc1ccc2cc1OCCCN(S(=O)(=O)c1ccc(-c3c(C)noc3C)s1)CC(=O)N[C@@H](Cc1ccccc1)C(=O)NCCn1ccnc1-2. The number of methoxy groups -OCH3 is 1. The molecule has 6 rings (SSSR count). The van der Waals surface area contributed by atoms with Crippen molar-refractivity contribution in [1.29, 1.82) is 0 Å². The van der Waals surface area contributed by atoms with Gasteiger partial charge >= 0.3 is 0 Å². The van der Waals surface area contributed by atoms with Crippen molar-refractivity contribution >= 4 is 33.2 Å². The maximum atomic E-state index is 14.1. The molecule has 0 radical (unpaired) electrons. The molecule has 1 aliphatic rings. The Morgan fingerprint density at radius 1 is 1.06 bits per heavy atom. The maximum absolute atomic E-state index is 14.1. The summed E-state index contributed by atoms with van der Waals surface area (Å²) in [6.07, 6.45) is 3.98. The number of thiophene rings is 1. The zero-order valence-electron chi connectivity index (χ0n) is 27.9. The van der Waals surface area contributed by atoms with Crippen molar-refractivity contribution in [2.24, 2.45) is 0 Å². The monoisotopic (exact) mass is 718 g/mol. The first-order valence-electron chi connectivity index (χ1n) is 16.1. The molecule has 3 aromatic heterocycles. The summed E-state index contributed by atoms with van der Waals surface area (Å²) in [7, 11) is -2.61. The smallest absolute Gasteiger partial charge is 0.253 e. The molecule has 1 atom stereocenters. The number of ether oxygens (including phenoxy) is 2. The largest absolute Gasteiger partial charge is 0.493 e. The number of benzene rings is 2. The van der Waals surface area contributed by atoms with Gasteiger partial charge in [0, 0.05) is 48.9 Å². The summed E-state index contributed by atoms with van der Waals surface area (Å²) in [5.41, 5.74) is 3.00. The number of nitrogens with one attached hydrogen (secondary N) is 2. The van der Waals surface area contributed by atoms with Gasteiger partial charge in [0.25, 0.3) is 10.0 Å². The van der Waals surface area contributed by atoms with E-state index < -0.39 is 28.5 Å². The fourth-order valence-electron chi connectivity index (χ4n) is 5.82. The van der Waals surface area contributed by atoms with E-state index in [9.17, 15) is 18.0 Å². The Morgan fingerprint density at radius 2 is 1.88 bits per heavy atom. The van der Waals surface area contributed by atoms with Crippen molar-refractivity contribution in [3.63, 3.8) is 0 Å². The van der Waals surface area contributed by atoms with E-state index in [0.717, 1.165) is 32.3 Å². The number of aryl methyl sites for hydroxylation is 2. The van der Waals surface area contributed by atoms with Crippen LogP contribution in [0.5, 0.6) is 11.5 Å². The predicted molar refractivity (Wildman–Crippen MR) is 187 cm³/mol. The fraction of sp³-hybridized carbons (Fsp3) is 0.314. The minimum Gasteiger partial charge on any atom is -0.493 e. The zero-order valence-corrected chi connectivity index (χ0v) is 29.6. The van der Waals surface area contributed by atoms with Gasteiger partial charge in [-0.1, -0.05) is 35.5 Å². The molecule has 2 amide bonds. The van der Waals surface area contributed by atoms with Crippen LogP contribution in [0.1, 0.15) is 23.4 Å². The summed E-state index contributed by atoms with van der Waals surface area (Å²) in [6.45, 7) is 3.83. The lowest BCUT2D eigenvalue weighted by atomic mass is 10.1. The number of hydrogen-bond donors (Lipinski definition) is 2. The molecule has 13 nitrogen and oxygen atoms in total. The van der Waals surface area contributed by atoms with E-state index in [2.05, 4.69) is 20.8 Å². The van der Waals surface area contributed by atoms with Crippen LogP contribution in [0.4, 0.5) is 0 Å². The van der Waals surface area contributed by atoms with Crippen LogP contribution in [-0.2, 0) is 32.6 Å². The average Bonchev–Trinajstić information content (AvgIpc) is 3.86. The number of rotatable bonds is 6. The van der Waals surface area contributed by atoms with Crippen molar-refractivity contribution in [1.82, 2.24) is 29.6 Å². The van der Waals surface area contributed by atoms with E-state index >= 15 is 0 Å². The summed E-state index contributed by atoms with van der Waals surface area (Å²) in [5, 5.41) is 9.74. The molecule has 0 unspecified atom stereocenters. The third kappa shape index (κ3) is 7.74.